The van der Waals surface area contributed by atoms with E-state index in [9.17, 15) is 0 Å². The van der Waals surface area contributed by atoms with Crippen molar-refractivity contribution in [3.8, 4) is 0 Å². The summed E-state index contributed by atoms with van der Waals surface area (Å²) in [6, 6.07) is 11.2. The SMILES string of the molecule is C[CH2][Pb]([CH2]C)([CH2]C)[c]1ccccc1. The van der Waals surface area contributed by atoms with E-state index < -0.39 is 21.2 Å². The Hall–Kier alpha value is 0.142. The van der Waals surface area contributed by atoms with Gasteiger partial charge in [0.15, 0.2) is 0 Å². The molecule has 0 nitrogen and oxygen atoms in total. The van der Waals surface area contributed by atoms with Crippen LogP contribution in [0, 0.1) is 0 Å². The van der Waals surface area contributed by atoms with E-state index in [1.165, 1.54) is 11.9 Å². The van der Waals surface area contributed by atoms with Crippen LogP contribution in [0.1, 0.15) is 20.8 Å². The van der Waals surface area contributed by atoms with E-state index >= 15 is 0 Å². The Bertz CT molecular complexity index is 228. The first kappa shape index (κ1) is 11.2. The monoisotopic (exact) mass is 372 g/mol. The molecule has 1 heteroatoms. The number of hydrogen-bond donors (Lipinski definition) is 0. The van der Waals surface area contributed by atoms with Crippen LogP contribution in [0.3, 0.4) is 0 Å². The zero-order valence-corrected chi connectivity index (χ0v) is 12.9. The van der Waals surface area contributed by atoms with Crippen molar-refractivity contribution in [2.75, 3.05) is 0 Å². The minimum absolute atomic E-state index is 1.46. The zero-order valence-electron chi connectivity index (χ0n) is 9.01. The number of benzene rings is 1. The summed E-state index contributed by atoms with van der Waals surface area (Å²) in [6.45, 7) is 7.17. The van der Waals surface area contributed by atoms with E-state index in [1.54, 1.807) is 3.12 Å². The third-order valence-corrected chi connectivity index (χ3v) is 25.3. The molecule has 0 bridgehead atoms. The summed E-state index contributed by atoms with van der Waals surface area (Å²) < 4.78 is 6.11. The van der Waals surface area contributed by atoms with Gasteiger partial charge in [0.05, 0.1) is 0 Å². The minimum atomic E-state index is -2.00. The molecule has 0 unspecified atom stereocenters. The predicted molar refractivity (Wildman–Crippen MR) is 63.3 cm³/mol. The molecule has 0 atom stereocenters. The van der Waals surface area contributed by atoms with Crippen LogP contribution in [0.25, 0.3) is 0 Å². The van der Waals surface area contributed by atoms with Crippen LogP contribution >= 0.6 is 0 Å². The fourth-order valence-electron chi connectivity index (χ4n) is 2.15. The van der Waals surface area contributed by atoms with Crippen molar-refractivity contribution in [3.63, 3.8) is 0 Å². The van der Waals surface area contributed by atoms with E-state index in [4.69, 9.17) is 0 Å². The van der Waals surface area contributed by atoms with Crippen LogP contribution in [0.2, 0.25) is 11.9 Å². The average Bonchev–Trinajstić information content (AvgIpc) is 2.23. The second-order valence-corrected chi connectivity index (χ2v) is 24.2. The molecule has 0 N–H and O–H groups in total. The topological polar surface area (TPSA) is 0 Å². The molecule has 0 aromatic heterocycles. The molecule has 0 saturated carbocycles. The van der Waals surface area contributed by atoms with Gasteiger partial charge in [0, 0.05) is 0 Å². The second-order valence-electron chi connectivity index (χ2n) is 3.71. The first-order valence-corrected chi connectivity index (χ1v) is 15.5. The maximum absolute atomic E-state index is 2.39. The quantitative estimate of drug-likeness (QED) is 0.712. The first-order chi connectivity index (χ1) is 6.29. The van der Waals surface area contributed by atoms with Gasteiger partial charge in [-0.2, -0.15) is 0 Å². The van der Waals surface area contributed by atoms with Gasteiger partial charge in [-0.15, -0.1) is 0 Å². The summed E-state index contributed by atoms with van der Waals surface area (Å²) >= 11 is -2.00. The number of rotatable bonds is 4. The third kappa shape index (κ3) is 2.33. The van der Waals surface area contributed by atoms with Gasteiger partial charge in [0.25, 0.3) is 0 Å². The van der Waals surface area contributed by atoms with Gasteiger partial charge in [-0.25, -0.2) is 0 Å². The van der Waals surface area contributed by atoms with E-state index in [-0.39, 0.29) is 0 Å². The molecule has 13 heavy (non-hydrogen) atoms. The van der Waals surface area contributed by atoms with Crippen molar-refractivity contribution in [2.24, 2.45) is 0 Å². The Morgan fingerprint density at radius 3 is 1.69 bits per heavy atom. The van der Waals surface area contributed by atoms with Crippen molar-refractivity contribution >= 4 is 24.3 Å². The Labute approximate surface area is 87.0 Å². The van der Waals surface area contributed by atoms with Gasteiger partial charge < -0.3 is 0 Å². The fourth-order valence-corrected chi connectivity index (χ4v) is 16.2. The van der Waals surface area contributed by atoms with Gasteiger partial charge in [-0.05, 0) is 0 Å². The summed E-state index contributed by atoms with van der Waals surface area (Å²) in [4.78, 5) is 0. The molecule has 0 aliphatic carbocycles. The Morgan fingerprint density at radius 2 is 1.31 bits per heavy atom. The molecule has 0 spiro atoms. The standard InChI is InChI=1S/C6H5.3C2H5.Pb/c1-2-4-6-5-3-1;3*1-2;/h1-5H;3*1H2,2H3;. The van der Waals surface area contributed by atoms with Crippen LogP contribution in [-0.4, -0.2) is 21.2 Å². The molecule has 0 heterocycles. The second kappa shape index (κ2) is 5.13. The summed E-state index contributed by atoms with van der Waals surface area (Å²) in [7, 11) is 0. The van der Waals surface area contributed by atoms with Gasteiger partial charge in [-0.1, -0.05) is 0 Å². The van der Waals surface area contributed by atoms with Gasteiger partial charge in [0.2, 0.25) is 0 Å². The van der Waals surface area contributed by atoms with Crippen molar-refractivity contribution in [3.05, 3.63) is 30.3 Å². The Morgan fingerprint density at radius 1 is 0.846 bits per heavy atom. The molecule has 0 aliphatic rings. The molecule has 0 aliphatic heterocycles. The van der Waals surface area contributed by atoms with Gasteiger partial charge >= 0.3 is 87.3 Å². The summed E-state index contributed by atoms with van der Waals surface area (Å²) in [6.07, 6.45) is 0. The molecule has 1 rings (SSSR count). The Kier molecular flexibility index (Phi) is 4.43. The van der Waals surface area contributed by atoms with Crippen molar-refractivity contribution in [1.29, 1.82) is 0 Å². The molecule has 0 amide bonds. The predicted octanol–water partition coefficient (Wildman–Crippen LogP) is 3.40. The molecule has 1 aromatic rings. The van der Waals surface area contributed by atoms with Crippen LogP contribution < -0.4 is 3.12 Å². The summed E-state index contributed by atoms with van der Waals surface area (Å²) in [5.41, 5.74) is 0. The summed E-state index contributed by atoms with van der Waals surface area (Å²) in [5.74, 6) is 0. The van der Waals surface area contributed by atoms with Crippen LogP contribution in [-0.2, 0) is 0 Å². The van der Waals surface area contributed by atoms with E-state index in [0.717, 1.165) is 0 Å². The fraction of sp³-hybridized carbons (Fsp3) is 0.500. The average molecular weight is 371 g/mol. The van der Waals surface area contributed by atoms with E-state index in [2.05, 4.69) is 51.1 Å². The van der Waals surface area contributed by atoms with Crippen LogP contribution in [0.15, 0.2) is 30.3 Å². The maximum atomic E-state index is 2.39. The molecule has 0 radical (unpaired) electrons. The third-order valence-electron chi connectivity index (χ3n) is 3.42. The molecule has 72 valence electrons. The van der Waals surface area contributed by atoms with Crippen molar-refractivity contribution < 1.29 is 0 Å². The van der Waals surface area contributed by atoms with Crippen molar-refractivity contribution in [1.82, 2.24) is 0 Å². The molecule has 0 fully saturated rings. The molecule has 0 saturated heterocycles. The van der Waals surface area contributed by atoms with Gasteiger partial charge in [-0.3, -0.25) is 0 Å². The first-order valence-electron chi connectivity index (χ1n) is 5.34. The Balaban J connectivity index is 3.01. The van der Waals surface area contributed by atoms with E-state index in [0.29, 0.717) is 0 Å². The summed E-state index contributed by atoms with van der Waals surface area (Å²) in [5, 5.41) is 0. The van der Waals surface area contributed by atoms with E-state index in [1.807, 2.05) is 0 Å². The van der Waals surface area contributed by atoms with Crippen LogP contribution in [0.5, 0.6) is 0 Å². The molecular weight excluding hydrogens is 351 g/mol. The van der Waals surface area contributed by atoms with Crippen LogP contribution in [0.4, 0.5) is 0 Å². The number of hydrogen-bond acceptors (Lipinski definition) is 0. The normalized spacial score (nSPS) is 11.6. The van der Waals surface area contributed by atoms with Gasteiger partial charge in [0.1, 0.15) is 0 Å². The molecular formula is C12H20Pb. The molecule has 1 aromatic carbocycles. The zero-order chi connectivity index (χ0) is 9.73. The van der Waals surface area contributed by atoms with Crippen molar-refractivity contribution in [2.45, 2.75) is 32.7 Å².